The zero-order chi connectivity index (χ0) is 25.8. The highest BCUT2D eigenvalue weighted by molar-refractivity contribution is 5.98. The largest absolute Gasteiger partial charge is 0.393 e. The Morgan fingerprint density at radius 3 is 2.53 bits per heavy atom. The number of anilines is 2. The minimum absolute atomic E-state index is 0.154. The minimum atomic E-state index is -0.232. The van der Waals surface area contributed by atoms with Gasteiger partial charge in [0.1, 0.15) is 5.82 Å². The van der Waals surface area contributed by atoms with Crippen LogP contribution in [-0.2, 0) is 6.54 Å². The number of nitrogens with one attached hydrogen (secondary N) is 3. The number of rotatable bonds is 7. The number of aromatic nitrogens is 2. The van der Waals surface area contributed by atoms with Crippen LogP contribution in [0, 0.1) is 20.8 Å². The second-order valence-electron chi connectivity index (χ2n) is 9.48. The quantitative estimate of drug-likeness (QED) is 0.403. The summed E-state index contributed by atoms with van der Waals surface area (Å²) >= 11 is 0. The number of amides is 1. The number of pyridine rings is 2. The van der Waals surface area contributed by atoms with Crippen molar-refractivity contribution in [1.29, 1.82) is 0 Å². The summed E-state index contributed by atoms with van der Waals surface area (Å²) in [4.78, 5) is 35.3. The molecule has 0 aliphatic carbocycles. The van der Waals surface area contributed by atoms with Gasteiger partial charge in [-0.1, -0.05) is 0 Å². The third kappa shape index (κ3) is 5.60. The maximum atomic E-state index is 13.3. The molecule has 1 amide bonds. The molecule has 4 rings (SSSR count). The number of benzene rings is 1. The molecule has 4 N–H and O–H groups in total. The SMILES string of the molecule is CCNc1cc(-c2ccc(N3CCC(O)CC3)nc2)cc(C(=O)NCc2c(C)cc(C)[nH]c2=O)c1C. The maximum absolute atomic E-state index is 13.3. The van der Waals surface area contributed by atoms with Crippen LogP contribution in [0.1, 0.15) is 52.5 Å². The van der Waals surface area contributed by atoms with Crippen molar-refractivity contribution in [1.82, 2.24) is 15.3 Å². The number of hydrogen-bond acceptors (Lipinski definition) is 6. The Bertz CT molecular complexity index is 1290. The molecule has 1 fully saturated rings. The van der Waals surface area contributed by atoms with Crippen molar-refractivity contribution in [2.45, 2.75) is 53.2 Å². The lowest BCUT2D eigenvalue weighted by Crippen LogP contribution is -2.36. The molecule has 3 heterocycles. The summed E-state index contributed by atoms with van der Waals surface area (Å²) in [7, 11) is 0. The molecule has 0 saturated carbocycles. The molecule has 0 spiro atoms. The van der Waals surface area contributed by atoms with Gasteiger partial charge in [-0.2, -0.15) is 0 Å². The van der Waals surface area contributed by atoms with E-state index in [0.29, 0.717) is 11.1 Å². The van der Waals surface area contributed by atoms with Gasteiger partial charge in [0.05, 0.1) is 6.10 Å². The second kappa shape index (κ2) is 11.0. The molecule has 0 radical (unpaired) electrons. The number of H-pyrrole nitrogens is 1. The normalized spacial score (nSPS) is 14.1. The third-order valence-corrected chi connectivity index (χ3v) is 6.81. The van der Waals surface area contributed by atoms with Gasteiger partial charge in [-0.25, -0.2) is 4.98 Å². The van der Waals surface area contributed by atoms with Crippen molar-refractivity contribution < 1.29 is 9.90 Å². The van der Waals surface area contributed by atoms with Gasteiger partial charge < -0.3 is 25.6 Å². The molecule has 0 bridgehead atoms. The van der Waals surface area contributed by atoms with Crippen LogP contribution >= 0.6 is 0 Å². The fourth-order valence-electron chi connectivity index (χ4n) is 4.69. The number of aryl methyl sites for hydroxylation is 2. The van der Waals surface area contributed by atoms with Gasteiger partial charge in [0.15, 0.2) is 0 Å². The molecule has 8 nitrogen and oxygen atoms in total. The smallest absolute Gasteiger partial charge is 0.253 e. The summed E-state index contributed by atoms with van der Waals surface area (Å²) < 4.78 is 0. The van der Waals surface area contributed by atoms with E-state index >= 15 is 0 Å². The van der Waals surface area contributed by atoms with Crippen molar-refractivity contribution in [3.8, 4) is 11.1 Å². The van der Waals surface area contributed by atoms with Crippen molar-refractivity contribution >= 4 is 17.4 Å². The lowest BCUT2D eigenvalue weighted by Gasteiger charge is -2.30. The van der Waals surface area contributed by atoms with E-state index in [9.17, 15) is 14.7 Å². The zero-order valence-corrected chi connectivity index (χ0v) is 21.4. The van der Waals surface area contributed by atoms with Gasteiger partial charge in [0.2, 0.25) is 0 Å². The molecule has 190 valence electrons. The number of nitrogens with zero attached hydrogens (tertiary/aromatic N) is 2. The maximum Gasteiger partial charge on any atom is 0.253 e. The molecule has 0 unspecified atom stereocenters. The highest BCUT2D eigenvalue weighted by atomic mass is 16.3. The van der Waals surface area contributed by atoms with Crippen molar-refractivity contribution in [2.75, 3.05) is 29.9 Å². The fraction of sp³-hybridized carbons (Fsp3) is 0.393. The molecular weight excluding hydrogens is 454 g/mol. The van der Waals surface area contributed by atoms with Crippen LogP contribution in [0.4, 0.5) is 11.5 Å². The summed E-state index contributed by atoms with van der Waals surface area (Å²) in [5, 5.41) is 16.1. The van der Waals surface area contributed by atoms with Crippen molar-refractivity contribution in [3.05, 3.63) is 74.8 Å². The lowest BCUT2D eigenvalue weighted by atomic mass is 9.98. The minimum Gasteiger partial charge on any atom is -0.393 e. The Balaban J connectivity index is 1.59. The van der Waals surface area contributed by atoms with Crippen LogP contribution in [0.15, 0.2) is 41.3 Å². The molecule has 0 atom stereocenters. The first-order chi connectivity index (χ1) is 17.3. The summed E-state index contributed by atoms with van der Waals surface area (Å²) in [5.74, 6) is 0.658. The molecule has 2 aromatic heterocycles. The van der Waals surface area contributed by atoms with E-state index in [1.54, 1.807) is 0 Å². The van der Waals surface area contributed by atoms with Gasteiger partial charge in [-0.3, -0.25) is 9.59 Å². The number of carbonyl (C=O) groups excluding carboxylic acids is 1. The molecule has 1 saturated heterocycles. The number of piperidine rings is 1. The molecule has 3 aromatic rings. The van der Waals surface area contributed by atoms with E-state index in [2.05, 4.69) is 25.5 Å². The predicted octanol–water partition coefficient (Wildman–Crippen LogP) is 3.69. The van der Waals surface area contributed by atoms with Crippen LogP contribution in [0.3, 0.4) is 0 Å². The summed E-state index contributed by atoms with van der Waals surface area (Å²) in [6.07, 6.45) is 3.10. The molecule has 36 heavy (non-hydrogen) atoms. The summed E-state index contributed by atoms with van der Waals surface area (Å²) in [5.41, 5.74) is 6.12. The first kappa shape index (κ1) is 25.4. The molecule has 8 heteroatoms. The lowest BCUT2D eigenvalue weighted by molar-refractivity contribution is 0.0950. The standard InChI is InChI=1S/C28H35N5O3/c1-5-29-25-14-21(20-6-7-26(30-15-20)33-10-8-22(34)9-11-33)13-23(19(25)4)27(35)31-16-24-17(2)12-18(3)32-28(24)36/h6-7,12-15,22,29,34H,5,8-11,16H2,1-4H3,(H,31,35)(H,32,36). The Morgan fingerprint density at radius 1 is 1.14 bits per heavy atom. The van der Waals surface area contributed by atoms with E-state index in [-0.39, 0.29) is 24.1 Å². The number of hydrogen-bond donors (Lipinski definition) is 4. The van der Waals surface area contributed by atoms with Gasteiger partial charge in [0.25, 0.3) is 11.5 Å². The van der Waals surface area contributed by atoms with Gasteiger partial charge in [-0.05, 0) is 87.6 Å². The highest BCUT2D eigenvalue weighted by Gasteiger charge is 2.19. The number of carbonyl (C=O) groups is 1. The van der Waals surface area contributed by atoms with Crippen LogP contribution in [0.2, 0.25) is 0 Å². The molecule has 1 aliphatic rings. The van der Waals surface area contributed by atoms with E-state index in [1.165, 1.54) is 0 Å². The van der Waals surface area contributed by atoms with Crippen molar-refractivity contribution in [2.24, 2.45) is 0 Å². The van der Waals surface area contributed by atoms with Gasteiger partial charge >= 0.3 is 0 Å². The molecule has 1 aromatic carbocycles. The van der Waals surface area contributed by atoms with Crippen LogP contribution < -0.4 is 21.1 Å². The van der Waals surface area contributed by atoms with Crippen molar-refractivity contribution in [3.63, 3.8) is 0 Å². The number of aliphatic hydroxyl groups is 1. The van der Waals surface area contributed by atoms with Crippen LogP contribution in [0.5, 0.6) is 0 Å². The van der Waals surface area contributed by atoms with E-state index in [4.69, 9.17) is 0 Å². The Labute approximate surface area is 211 Å². The highest BCUT2D eigenvalue weighted by Crippen LogP contribution is 2.30. The van der Waals surface area contributed by atoms with E-state index in [0.717, 1.165) is 71.9 Å². The first-order valence-corrected chi connectivity index (χ1v) is 12.5. The zero-order valence-electron chi connectivity index (χ0n) is 21.4. The predicted molar refractivity (Wildman–Crippen MR) is 144 cm³/mol. The fourth-order valence-corrected chi connectivity index (χ4v) is 4.69. The number of aliphatic hydroxyl groups excluding tert-OH is 1. The Kier molecular flexibility index (Phi) is 7.74. The van der Waals surface area contributed by atoms with Gasteiger partial charge in [-0.15, -0.1) is 0 Å². The van der Waals surface area contributed by atoms with Gasteiger partial charge in [0, 0.05) is 60.4 Å². The first-order valence-electron chi connectivity index (χ1n) is 12.5. The van der Waals surface area contributed by atoms with Crippen LogP contribution in [0.25, 0.3) is 11.1 Å². The summed E-state index contributed by atoms with van der Waals surface area (Å²) in [6.45, 7) is 10.1. The molecular formula is C28H35N5O3. The van der Waals surface area contributed by atoms with E-state index < -0.39 is 0 Å². The average Bonchev–Trinajstić information content (AvgIpc) is 2.85. The number of aromatic amines is 1. The summed E-state index contributed by atoms with van der Waals surface area (Å²) in [6, 6.07) is 9.83. The Hall–Kier alpha value is -3.65. The van der Waals surface area contributed by atoms with Crippen LogP contribution in [-0.4, -0.2) is 46.7 Å². The second-order valence-corrected chi connectivity index (χ2v) is 9.48. The molecule has 1 aliphatic heterocycles. The third-order valence-electron chi connectivity index (χ3n) is 6.81. The topological polar surface area (TPSA) is 110 Å². The Morgan fingerprint density at radius 2 is 1.89 bits per heavy atom. The monoisotopic (exact) mass is 489 g/mol. The van der Waals surface area contributed by atoms with E-state index in [1.807, 2.05) is 64.2 Å². The average molecular weight is 490 g/mol.